The predicted octanol–water partition coefficient (Wildman–Crippen LogP) is 2.17. The van der Waals surface area contributed by atoms with Crippen molar-refractivity contribution >= 4 is 35.1 Å². The van der Waals surface area contributed by atoms with Gasteiger partial charge in [0.25, 0.3) is 5.91 Å². The molecule has 1 aliphatic heterocycles. The first-order chi connectivity index (χ1) is 17.4. The van der Waals surface area contributed by atoms with E-state index in [1.54, 1.807) is 42.5 Å². The van der Waals surface area contributed by atoms with E-state index in [4.69, 9.17) is 32.7 Å². The Labute approximate surface area is 247 Å². The van der Waals surface area contributed by atoms with E-state index in [0.717, 1.165) is 24.0 Å². The van der Waals surface area contributed by atoms with Crippen molar-refractivity contribution in [1.29, 1.82) is 0 Å². The fraction of sp³-hybridized carbons (Fsp3) is 0.286. The molecule has 2 aliphatic rings. The summed E-state index contributed by atoms with van der Waals surface area (Å²) < 4.78 is 11.9. The van der Waals surface area contributed by atoms with Gasteiger partial charge in [-0.2, -0.15) is 0 Å². The zero-order valence-corrected chi connectivity index (χ0v) is 23.9. The summed E-state index contributed by atoms with van der Waals surface area (Å²) in [4.78, 5) is 24.2. The van der Waals surface area contributed by atoms with Crippen molar-refractivity contribution < 1.29 is 53.7 Å². The SMILES string of the molecule is O=C(NC(Cl)Cc1ccc(Cl)cc1)c1ccc(Oc2cc3c(cc2C2CC2)C(C(=O)[O-])CCO3)cc1.[Na+]. The summed E-state index contributed by atoms with van der Waals surface area (Å²) in [6.07, 6.45) is 2.92. The molecule has 0 aromatic heterocycles. The number of carbonyl (C=O) groups is 2. The summed E-state index contributed by atoms with van der Waals surface area (Å²) >= 11 is 12.2. The van der Waals surface area contributed by atoms with Gasteiger partial charge in [0.1, 0.15) is 22.7 Å². The zero-order valence-electron chi connectivity index (χ0n) is 20.3. The van der Waals surface area contributed by atoms with E-state index in [1.165, 1.54) is 0 Å². The summed E-state index contributed by atoms with van der Waals surface area (Å²) in [5.41, 5.74) is 2.47. The molecule has 1 fully saturated rings. The largest absolute Gasteiger partial charge is 1.00 e. The van der Waals surface area contributed by atoms with Crippen LogP contribution in [0.15, 0.2) is 60.7 Å². The maximum absolute atomic E-state index is 12.6. The van der Waals surface area contributed by atoms with Gasteiger partial charge in [-0.25, -0.2) is 0 Å². The van der Waals surface area contributed by atoms with Crippen molar-refractivity contribution in [3.63, 3.8) is 0 Å². The standard InChI is InChI=1S/C28H25Cl2NO5.Na/c29-19-7-1-16(2-8-19)13-26(30)31-27(32)18-5-9-20(10-6-18)36-25-15-24-23(14-22(25)17-3-4-17)21(28(33)34)11-12-35-24;/h1-2,5-10,14-15,17,21,26H,3-4,11-13H2,(H,31,32)(H,33,34);/q;+1/p-1. The van der Waals surface area contributed by atoms with Crippen LogP contribution in [0.4, 0.5) is 0 Å². The number of carbonyl (C=O) groups excluding carboxylic acids is 2. The number of carboxylic acids is 1. The molecule has 1 aliphatic carbocycles. The number of fused-ring (bicyclic) bond motifs is 1. The van der Waals surface area contributed by atoms with Crippen molar-refractivity contribution in [2.24, 2.45) is 0 Å². The van der Waals surface area contributed by atoms with E-state index >= 15 is 0 Å². The molecule has 2 unspecified atom stereocenters. The van der Waals surface area contributed by atoms with Crippen LogP contribution in [0, 0.1) is 0 Å². The smallest absolute Gasteiger partial charge is 0.549 e. The second kappa shape index (κ2) is 12.1. The molecule has 3 aromatic rings. The number of halogens is 2. The Morgan fingerprint density at radius 3 is 2.38 bits per heavy atom. The van der Waals surface area contributed by atoms with Gasteiger partial charge in [0, 0.05) is 40.5 Å². The summed E-state index contributed by atoms with van der Waals surface area (Å²) in [5.74, 6) is -0.00874. The molecular formula is C28H24Cl2NNaO5. The average molecular weight is 548 g/mol. The molecule has 186 valence electrons. The molecule has 1 heterocycles. The number of rotatable bonds is 8. The molecule has 1 amide bonds. The monoisotopic (exact) mass is 547 g/mol. The molecule has 2 atom stereocenters. The van der Waals surface area contributed by atoms with Crippen LogP contribution in [-0.4, -0.2) is 24.0 Å². The Hall–Kier alpha value is -2.22. The first kappa shape index (κ1) is 27.8. The van der Waals surface area contributed by atoms with Crippen LogP contribution in [0.3, 0.4) is 0 Å². The summed E-state index contributed by atoms with van der Waals surface area (Å²) in [6.45, 7) is 0.317. The Morgan fingerprint density at radius 2 is 1.73 bits per heavy atom. The normalized spacial score (nSPS) is 17.0. The number of hydrogen-bond acceptors (Lipinski definition) is 5. The number of carboxylic acid groups (broad SMARTS) is 1. The van der Waals surface area contributed by atoms with E-state index in [1.807, 2.05) is 18.2 Å². The molecule has 0 saturated heterocycles. The number of ether oxygens (including phenoxy) is 2. The minimum absolute atomic E-state index is 0. The molecule has 9 heteroatoms. The van der Waals surface area contributed by atoms with Crippen LogP contribution >= 0.6 is 23.2 Å². The van der Waals surface area contributed by atoms with E-state index < -0.39 is 17.4 Å². The van der Waals surface area contributed by atoms with E-state index in [-0.39, 0.29) is 35.5 Å². The molecule has 1 N–H and O–H groups in total. The van der Waals surface area contributed by atoms with Gasteiger partial charge < -0.3 is 24.7 Å². The van der Waals surface area contributed by atoms with Crippen LogP contribution in [0.5, 0.6) is 17.2 Å². The van der Waals surface area contributed by atoms with E-state index in [2.05, 4.69) is 5.32 Å². The molecule has 5 rings (SSSR count). The van der Waals surface area contributed by atoms with Crippen LogP contribution in [-0.2, 0) is 11.2 Å². The number of alkyl halides is 1. The molecule has 3 aromatic carbocycles. The summed E-state index contributed by atoms with van der Waals surface area (Å²) in [7, 11) is 0. The number of benzene rings is 3. The van der Waals surface area contributed by atoms with Gasteiger partial charge in [0.15, 0.2) is 0 Å². The van der Waals surface area contributed by atoms with Crippen LogP contribution in [0.1, 0.15) is 58.1 Å². The minimum Gasteiger partial charge on any atom is -0.549 e. The topological polar surface area (TPSA) is 87.7 Å². The Balaban J connectivity index is 0.00000320. The van der Waals surface area contributed by atoms with Gasteiger partial charge in [-0.15, -0.1) is 0 Å². The fourth-order valence-electron chi connectivity index (χ4n) is 4.39. The van der Waals surface area contributed by atoms with Crippen LogP contribution in [0.25, 0.3) is 0 Å². The number of amides is 1. The average Bonchev–Trinajstić information content (AvgIpc) is 3.70. The van der Waals surface area contributed by atoms with Gasteiger partial charge in [0.2, 0.25) is 0 Å². The molecule has 0 radical (unpaired) electrons. The Morgan fingerprint density at radius 1 is 1.03 bits per heavy atom. The molecule has 0 spiro atoms. The van der Waals surface area contributed by atoms with Crippen molar-refractivity contribution in [2.45, 2.75) is 43.0 Å². The third-order valence-corrected chi connectivity index (χ3v) is 6.96. The molecule has 0 bridgehead atoms. The minimum atomic E-state index is -1.09. The first-order valence-electron chi connectivity index (χ1n) is 11.9. The van der Waals surface area contributed by atoms with Crippen LogP contribution in [0.2, 0.25) is 5.02 Å². The first-order valence-corrected chi connectivity index (χ1v) is 12.7. The van der Waals surface area contributed by atoms with E-state index in [9.17, 15) is 14.7 Å². The summed E-state index contributed by atoms with van der Waals surface area (Å²) in [6, 6.07) is 17.8. The number of aliphatic carboxylic acids is 1. The van der Waals surface area contributed by atoms with Crippen molar-refractivity contribution in [1.82, 2.24) is 5.32 Å². The molecule has 37 heavy (non-hydrogen) atoms. The Bertz CT molecular complexity index is 1280. The Kier molecular flexibility index (Phi) is 9.09. The van der Waals surface area contributed by atoms with Gasteiger partial charge in [-0.05, 0) is 78.8 Å². The van der Waals surface area contributed by atoms with Gasteiger partial charge in [0.05, 0.1) is 6.61 Å². The second-order valence-electron chi connectivity index (χ2n) is 9.11. The predicted molar refractivity (Wildman–Crippen MR) is 135 cm³/mol. The third-order valence-electron chi connectivity index (χ3n) is 6.44. The van der Waals surface area contributed by atoms with Crippen molar-refractivity contribution in [3.8, 4) is 17.2 Å². The van der Waals surface area contributed by atoms with Gasteiger partial charge in [-0.3, -0.25) is 4.79 Å². The van der Waals surface area contributed by atoms with Gasteiger partial charge in [-0.1, -0.05) is 35.3 Å². The number of hydrogen-bond donors (Lipinski definition) is 1. The maximum Gasteiger partial charge on any atom is 1.00 e. The quantitative estimate of drug-likeness (QED) is 0.265. The maximum atomic E-state index is 12.6. The van der Waals surface area contributed by atoms with E-state index in [0.29, 0.717) is 58.8 Å². The second-order valence-corrected chi connectivity index (χ2v) is 10.1. The third kappa shape index (κ3) is 6.81. The van der Waals surface area contributed by atoms with Gasteiger partial charge >= 0.3 is 29.6 Å². The summed E-state index contributed by atoms with van der Waals surface area (Å²) in [5, 5.41) is 15.0. The fourth-order valence-corrected chi connectivity index (χ4v) is 4.79. The van der Waals surface area contributed by atoms with Crippen LogP contribution < -0.4 is 49.5 Å². The van der Waals surface area contributed by atoms with Crippen molar-refractivity contribution in [2.75, 3.05) is 6.61 Å². The molecular weight excluding hydrogens is 524 g/mol. The molecule has 1 saturated carbocycles. The number of nitrogens with one attached hydrogen (secondary N) is 1. The zero-order chi connectivity index (χ0) is 25.2. The molecule has 6 nitrogen and oxygen atoms in total. The van der Waals surface area contributed by atoms with Crippen molar-refractivity contribution in [3.05, 3.63) is 87.9 Å².